The number of carbonyl (C=O) groups is 1. The quantitative estimate of drug-likeness (QED) is 0.612. The van der Waals surface area contributed by atoms with E-state index in [0.717, 1.165) is 23.6 Å². The molecule has 1 fully saturated rings. The van der Waals surface area contributed by atoms with Crippen molar-refractivity contribution in [1.29, 1.82) is 0 Å². The van der Waals surface area contributed by atoms with E-state index in [0.29, 0.717) is 11.3 Å². The van der Waals surface area contributed by atoms with Crippen molar-refractivity contribution in [3.8, 4) is 5.75 Å². The van der Waals surface area contributed by atoms with E-state index in [1.54, 1.807) is 6.07 Å². The van der Waals surface area contributed by atoms with Gasteiger partial charge >= 0.3 is 0 Å². The summed E-state index contributed by atoms with van der Waals surface area (Å²) < 4.78 is 6.88. The number of para-hydroxylation sites is 1. The molecule has 0 radical (unpaired) electrons. The van der Waals surface area contributed by atoms with Gasteiger partial charge in [0.2, 0.25) is 0 Å². The van der Waals surface area contributed by atoms with Gasteiger partial charge in [-0.15, -0.1) is 0 Å². The summed E-state index contributed by atoms with van der Waals surface area (Å²) in [5.74, 6) is 0.703. The van der Waals surface area contributed by atoms with E-state index in [2.05, 4.69) is 15.9 Å². The predicted molar refractivity (Wildman–Crippen MR) is 71.6 cm³/mol. The van der Waals surface area contributed by atoms with E-state index in [4.69, 9.17) is 4.74 Å². The summed E-state index contributed by atoms with van der Waals surface area (Å²) in [6.45, 7) is 0. The highest BCUT2D eigenvalue weighted by molar-refractivity contribution is 9.10. The molecule has 1 aromatic rings. The molecule has 0 amide bonds. The smallest absolute Gasteiger partial charge is 0.153 e. The predicted octanol–water partition coefficient (Wildman–Crippen LogP) is 4.36. The van der Waals surface area contributed by atoms with Crippen LogP contribution in [0.25, 0.3) is 0 Å². The summed E-state index contributed by atoms with van der Waals surface area (Å²) in [5.41, 5.74) is 0.628. The number of hydrogen-bond donors (Lipinski definition) is 0. The molecule has 0 atom stereocenters. The fourth-order valence-electron chi connectivity index (χ4n) is 2.27. The van der Waals surface area contributed by atoms with Crippen LogP contribution in [0.2, 0.25) is 0 Å². The Morgan fingerprint density at radius 2 is 1.88 bits per heavy atom. The van der Waals surface area contributed by atoms with Crippen LogP contribution >= 0.6 is 15.9 Å². The number of ether oxygens (including phenoxy) is 1. The standard InChI is InChI=1S/C14H17BrO2/c15-13-9-5-6-11(10-16)14(13)17-12-7-3-1-2-4-8-12/h5-6,9-10,12H,1-4,7-8H2. The molecule has 2 rings (SSSR count). The number of halogens is 1. The zero-order chi connectivity index (χ0) is 12.1. The van der Waals surface area contributed by atoms with E-state index >= 15 is 0 Å². The lowest BCUT2D eigenvalue weighted by Gasteiger charge is -2.19. The maximum absolute atomic E-state index is 11.0. The van der Waals surface area contributed by atoms with Gasteiger partial charge in [-0.3, -0.25) is 4.79 Å². The van der Waals surface area contributed by atoms with Crippen LogP contribution in [0.4, 0.5) is 0 Å². The Bertz CT molecular complexity index is 382. The first-order valence-corrected chi connectivity index (χ1v) is 7.01. The highest BCUT2D eigenvalue weighted by Gasteiger charge is 2.16. The Kier molecular flexibility index (Phi) is 4.60. The van der Waals surface area contributed by atoms with Crippen LogP contribution in [0, 0.1) is 0 Å². The van der Waals surface area contributed by atoms with Gasteiger partial charge in [-0.2, -0.15) is 0 Å². The third-order valence-corrected chi connectivity index (χ3v) is 3.84. The largest absolute Gasteiger partial charge is 0.488 e. The maximum Gasteiger partial charge on any atom is 0.153 e. The molecular weight excluding hydrogens is 280 g/mol. The molecule has 0 bridgehead atoms. The van der Waals surface area contributed by atoms with E-state index in [-0.39, 0.29) is 6.10 Å². The zero-order valence-corrected chi connectivity index (χ0v) is 11.4. The second kappa shape index (κ2) is 6.20. The van der Waals surface area contributed by atoms with Crippen molar-refractivity contribution in [2.75, 3.05) is 0 Å². The van der Waals surface area contributed by atoms with Gasteiger partial charge in [0, 0.05) is 0 Å². The Morgan fingerprint density at radius 1 is 1.18 bits per heavy atom. The molecule has 0 heterocycles. The van der Waals surface area contributed by atoms with E-state index < -0.39 is 0 Å². The number of benzene rings is 1. The summed E-state index contributed by atoms with van der Waals surface area (Å²) in [6, 6.07) is 5.57. The Balaban J connectivity index is 2.13. The van der Waals surface area contributed by atoms with Crippen molar-refractivity contribution in [3.63, 3.8) is 0 Å². The third-order valence-electron chi connectivity index (χ3n) is 3.21. The maximum atomic E-state index is 11.0. The number of aldehydes is 1. The summed E-state index contributed by atoms with van der Waals surface area (Å²) in [7, 11) is 0. The van der Waals surface area contributed by atoms with Gasteiger partial charge in [0.25, 0.3) is 0 Å². The summed E-state index contributed by atoms with van der Waals surface area (Å²) >= 11 is 3.45. The SMILES string of the molecule is O=Cc1cccc(Br)c1OC1CCCCCC1. The second-order valence-electron chi connectivity index (χ2n) is 4.51. The molecule has 0 N–H and O–H groups in total. The molecule has 17 heavy (non-hydrogen) atoms. The van der Waals surface area contributed by atoms with Crippen LogP contribution in [-0.4, -0.2) is 12.4 Å². The van der Waals surface area contributed by atoms with Crippen LogP contribution in [-0.2, 0) is 0 Å². The second-order valence-corrected chi connectivity index (χ2v) is 5.36. The fraction of sp³-hybridized carbons (Fsp3) is 0.500. The highest BCUT2D eigenvalue weighted by Crippen LogP contribution is 2.31. The van der Waals surface area contributed by atoms with Gasteiger partial charge in [0.1, 0.15) is 5.75 Å². The molecule has 0 aromatic heterocycles. The molecular formula is C14H17BrO2. The molecule has 1 saturated carbocycles. The van der Waals surface area contributed by atoms with Crippen LogP contribution in [0.15, 0.2) is 22.7 Å². The summed E-state index contributed by atoms with van der Waals surface area (Å²) in [6.07, 6.45) is 8.37. The monoisotopic (exact) mass is 296 g/mol. The average Bonchev–Trinajstić information content (AvgIpc) is 2.60. The van der Waals surface area contributed by atoms with Gasteiger partial charge in [-0.05, 0) is 53.7 Å². The average molecular weight is 297 g/mol. The lowest BCUT2D eigenvalue weighted by atomic mass is 10.1. The highest BCUT2D eigenvalue weighted by atomic mass is 79.9. The van der Waals surface area contributed by atoms with Crippen LogP contribution < -0.4 is 4.74 Å². The summed E-state index contributed by atoms with van der Waals surface area (Å²) in [5, 5.41) is 0. The molecule has 2 nitrogen and oxygen atoms in total. The van der Waals surface area contributed by atoms with Gasteiger partial charge < -0.3 is 4.74 Å². The Morgan fingerprint density at radius 3 is 2.53 bits per heavy atom. The molecule has 0 aliphatic heterocycles. The van der Waals surface area contributed by atoms with Gasteiger partial charge in [-0.1, -0.05) is 18.9 Å². The first-order chi connectivity index (χ1) is 8.31. The molecule has 1 aliphatic rings. The number of carbonyl (C=O) groups excluding carboxylic acids is 1. The van der Waals surface area contributed by atoms with Crippen molar-refractivity contribution in [1.82, 2.24) is 0 Å². The van der Waals surface area contributed by atoms with Gasteiger partial charge in [0.05, 0.1) is 16.1 Å². The summed E-state index contributed by atoms with van der Waals surface area (Å²) in [4.78, 5) is 11.0. The molecule has 0 unspecified atom stereocenters. The van der Waals surface area contributed by atoms with Crippen molar-refractivity contribution < 1.29 is 9.53 Å². The van der Waals surface area contributed by atoms with E-state index in [1.165, 1.54) is 25.7 Å². The lowest BCUT2D eigenvalue weighted by molar-refractivity contribution is 0.111. The topological polar surface area (TPSA) is 26.3 Å². The zero-order valence-electron chi connectivity index (χ0n) is 9.82. The van der Waals surface area contributed by atoms with Crippen molar-refractivity contribution >= 4 is 22.2 Å². The fourth-order valence-corrected chi connectivity index (χ4v) is 2.74. The third kappa shape index (κ3) is 3.32. The van der Waals surface area contributed by atoms with Crippen LogP contribution in [0.5, 0.6) is 5.75 Å². The Hall–Kier alpha value is -0.830. The first kappa shape index (κ1) is 12.6. The number of hydrogen-bond acceptors (Lipinski definition) is 2. The minimum absolute atomic E-state index is 0.259. The molecule has 0 spiro atoms. The molecule has 1 aromatic carbocycles. The normalized spacial score (nSPS) is 17.5. The molecule has 0 saturated heterocycles. The molecule has 92 valence electrons. The number of rotatable bonds is 3. The molecule has 3 heteroatoms. The lowest BCUT2D eigenvalue weighted by Crippen LogP contribution is -2.16. The Labute approximate surface area is 110 Å². The first-order valence-electron chi connectivity index (χ1n) is 6.21. The van der Waals surface area contributed by atoms with Gasteiger partial charge in [-0.25, -0.2) is 0 Å². The van der Waals surface area contributed by atoms with Gasteiger partial charge in [0.15, 0.2) is 6.29 Å². The minimum Gasteiger partial charge on any atom is -0.488 e. The van der Waals surface area contributed by atoms with E-state index in [9.17, 15) is 4.79 Å². The molecule has 1 aliphatic carbocycles. The van der Waals surface area contributed by atoms with Crippen molar-refractivity contribution in [2.45, 2.75) is 44.6 Å². The minimum atomic E-state index is 0.259. The van der Waals surface area contributed by atoms with Crippen LogP contribution in [0.3, 0.4) is 0 Å². The van der Waals surface area contributed by atoms with Crippen molar-refractivity contribution in [3.05, 3.63) is 28.2 Å². The van der Waals surface area contributed by atoms with E-state index in [1.807, 2.05) is 12.1 Å². The van der Waals surface area contributed by atoms with Crippen LogP contribution in [0.1, 0.15) is 48.9 Å². The van der Waals surface area contributed by atoms with Crippen molar-refractivity contribution in [2.24, 2.45) is 0 Å².